The molecule has 0 bridgehead atoms. The van der Waals surface area contributed by atoms with Gasteiger partial charge in [0, 0.05) is 24.7 Å². The Balaban J connectivity index is 2.48. The smallest absolute Gasteiger partial charge is 0.0303 e. The van der Waals surface area contributed by atoms with E-state index in [1.54, 1.807) is 0 Å². The molecule has 2 atom stereocenters. The van der Waals surface area contributed by atoms with Crippen molar-refractivity contribution in [3.8, 4) is 0 Å². The van der Waals surface area contributed by atoms with E-state index in [1.807, 2.05) is 0 Å². The van der Waals surface area contributed by atoms with Gasteiger partial charge in [0.2, 0.25) is 0 Å². The Kier molecular flexibility index (Phi) is 7.78. The van der Waals surface area contributed by atoms with Gasteiger partial charge in [-0.15, -0.1) is 0 Å². The molecule has 1 rings (SSSR count). The monoisotopic (exact) mass is 286 g/mol. The quantitative estimate of drug-likeness (QED) is 0.686. The van der Waals surface area contributed by atoms with Crippen LogP contribution >= 0.6 is 11.8 Å². The van der Waals surface area contributed by atoms with Crippen LogP contribution < -0.4 is 5.32 Å². The zero-order valence-electron chi connectivity index (χ0n) is 13.7. The fraction of sp³-hybridized carbons (Fsp3) is 1.00. The van der Waals surface area contributed by atoms with Crippen molar-refractivity contribution in [2.75, 3.05) is 31.1 Å². The zero-order valence-corrected chi connectivity index (χ0v) is 14.5. The average molecular weight is 287 g/mol. The van der Waals surface area contributed by atoms with E-state index in [0.29, 0.717) is 11.6 Å². The van der Waals surface area contributed by atoms with Crippen molar-refractivity contribution in [1.82, 2.24) is 10.2 Å². The normalized spacial score (nSPS) is 29.1. The maximum atomic E-state index is 3.78. The molecule has 0 spiro atoms. The molecule has 114 valence electrons. The van der Waals surface area contributed by atoms with E-state index in [9.17, 15) is 0 Å². The van der Waals surface area contributed by atoms with Gasteiger partial charge in [-0.1, -0.05) is 27.7 Å². The lowest BCUT2D eigenvalue weighted by atomic mass is 9.90. The predicted octanol–water partition coefficient (Wildman–Crippen LogP) is 3.62. The maximum absolute atomic E-state index is 3.78. The molecule has 0 amide bonds. The van der Waals surface area contributed by atoms with Gasteiger partial charge < -0.3 is 5.32 Å². The third-order valence-corrected chi connectivity index (χ3v) is 5.40. The van der Waals surface area contributed by atoms with Gasteiger partial charge in [0.05, 0.1) is 0 Å². The summed E-state index contributed by atoms with van der Waals surface area (Å²) in [7, 11) is 0. The highest BCUT2D eigenvalue weighted by molar-refractivity contribution is 7.99. The second kappa shape index (κ2) is 8.53. The fourth-order valence-electron chi connectivity index (χ4n) is 2.97. The summed E-state index contributed by atoms with van der Waals surface area (Å²) in [5.74, 6) is 3.36. The van der Waals surface area contributed by atoms with Crippen molar-refractivity contribution in [2.24, 2.45) is 5.92 Å². The van der Waals surface area contributed by atoms with Crippen molar-refractivity contribution >= 4 is 11.8 Å². The maximum Gasteiger partial charge on any atom is 0.0303 e. The standard InChI is InChI=1S/C16H34N2S/c1-6-16(5)13-17-15(11-14(3)4)12-18(16)9-8-10-19-7-2/h14-15,17H,6-13H2,1-5H3. The summed E-state index contributed by atoms with van der Waals surface area (Å²) in [4.78, 5) is 2.76. The van der Waals surface area contributed by atoms with Gasteiger partial charge in [0.15, 0.2) is 0 Å². The van der Waals surface area contributed by atoms with Gasteiger partial charge in [0.25, 0.3) is 0 Å². The number of hydrogen-bond acceptors (Lipinski definition) is 3. The number of nitrogens with one attached hydrogen (secondary N) is 1. The van der Waals surface area contributed by atoms with Crippen molar-refractivity contribution in [3.05, 3.63) is 0 Å². The summed E-state index contributed by atoms with van der Waals surface area (Å²) in [6.45, 7) is 15.3. The number of rotatable bonds is 8. The lowest BCUT2D eigenvalue weighted by molar-refractivity contribution is 0.0448. The number of hydrogen-bond donors (Lipinski definition) is 1. The van der Waals surface area contributed by atoms with Crippen LogP contribution in [0.25, 0.3) is 0 Å². The van der Waals surface area contributed by atoms with E-state index in [1.165, 1.54) is 43.9 Å². The SMILES string of the molecule is CCSCCCN1CC(CC(C)C)NCC1(C)CC. The van der Waals surface area contributed by atoms with Crippen LogP contribution in [0.5, 0.6) is 0 Å². The molecule has 19 heavy (non-hydrogen) atoms. The Hall–Kier alpha value is 0.270. The Morgan fingerprint density at radius 2 is 2.11 bits per heavy atom. The molecule has 0 saturated carbocycles. The van der Waals surface area contributed by atoms with E-state index in [4.69, 9.17) is 0 Å². The minimum absolute atomic E-state index is 0.365. The van der Waals surface area contributed by atoms with Crippen LogP contribution in [-0.2, 0) is 0 Å². The number of thioether (sulfide) groups is 1. The summed E-state index contributed by atoms with van der Waals surface area (Å²) in [6.07, 6.45) is 3.89. The van der Waals surface area contributed by atoms with Crippen molar-refractivity contribution < 1.29 is 0 Å². The molecule has 0 aromatic carbocycles. The summed E-state index contributed by atoms with van der Waals surface area (Å²) in [6, 6.07) is 0.693. The third-order valence-electron chi connectivity index (χ3n) is 4.41. The van der Waals surface area contributed by atoms with Gasteiger partial charge in [-0.3, -0.25) is 4.90 Å². The predicted molar refractivity (Wildman–Crippen MR) is 89.1 cm³/mol. The van der Waals surface area contributed by atoms with Crippen LogP contribution in [0.15, 0.2) is 0 Å². The summed E-state index contributed by atoms with van der Waals surface area (Å²) in [5, 5.41) is 3.78. The first-order chi connectivity index (χ1) is 9.01. The largest absolute Gasteiger partial charge is 0.311 e. The number of nitrogens with zero attached hydrogens (tertiary/aromatic N) is 1. The fourth-order valence-corrected chi connectivity index (χ4v) is 3.59. The molecule has 1 fully saturated rings. The van der Waals surface area contributed by atoms with E-state index in [0.717, 1.165) is 12.5 Å². The molecule has 1 aliphatic rings. The molecular weight excluding hydrogens is 252 g/mol. The minimum atomic E-state index is 0.365. The molecule has 1 aliphatic heterocycles. The van der Waals surface area contributed by atoms with Crippen molar-refractivity contribution in [1.29, 1.82) is 0 Å². The van der Waals surface area contributed by atoms with Gasteiger partial charge in [-0.05, 0) is 50.2 Å². The summed E-state index contributed by atoms with van der Waals surface area (Å²) in [5.41, 5.74) is 0.365. The molecule has 1 N–H and O–H groups in total. The van der Waals surface area contributed by atoms with Crippen LogP contribution in [0.1, 0.15) is 53.9 Å². The minimum Gasteiger partial charge on any atom is -0.311 e. The molecule has 1 heterocycles. The first-order valence-corrected chi connectivity index (χ1v) is 9.23. The Bertz CT molecular complexity index is 245. The van der Waals surface area contributed by atoms with Crippen LogP contribution in [0.3, 0.4) is 0 Å². The zero-order chi connectivity index (χ0) is 14.3. The average Bonchev–Trinajstić information content (AvgIpc) is 2.37. The molecule has 1 saturated heterocycles. The molecule has 0 aromatic heterocycles. The van der Waals surface area contributed by atoms with Gasteiger partial charge >= 0.3 is 0 Å². The third kappa shape index (κ3) is 5.65. The van der Waals surface area contributed by atoms with E-state index >= 15 is 0 Å². The van der Waals surface area contributed by atoms with Crippen molar-refractivity contribution in [2.45, 2.75) is 65.5 Å². The molecule has 0 aromatic rings. The molecule has 0 aliphatic carbocycles. The molecule has 0 radical (unpaired) electrons. The topological polar surface area (TPSA) is 15.3 Å². The van der Waals surface area contributed by atoms with Crippen LogP contribution in [-0.4, -0.2) is 47.6 Å². The van der Waals surface area contributed by atoms with Crippen LogP contribution in [0, 0.1) is 5.92 Å². The van der Waals surface area contributed by atoms with Gasteiger partial charge in [-0.25, -0.2) is 0 Å². The lowest BCUT2D eigenvalue weighted by Crippen LogP contribution is -2.63. The molecule has 3 heteroatoms. The Morgan fingerprint density at radius 1 is 1.37 bits per heavy atom. The number of piperazine rings is 1. The Labute approximate surface area is 125 Å². The second-order valence-electron chi connectivity index (χ2n) is 6.55. The molecular formula is C16H34N2S. The Morgan fingerprint density at radius 3 is 2.68 bits per heavy atom. The van der Waals surface area contributed by atoms with Crippen LogP contribution in [0.2, 0.25) is 0 Å². The van der Waals surface area contributed by atoms with Gasteiger partial charge in [-0.2, -0.15) is 11.8 Å². The van der Waals surface area contributed by atoms with E-state index < -0.39 is 0 Å². The highest BCUT2D eigenvalue weighted by Gasteiger charge is 2.35. The molecule has 2 unspecified atom stereocenters. The van der Waals surface area contributed by atoms with Crippen molar-refractivity contribution in [3.63, 3.8) is 0 Å². The highest BCUT2D eigenvalue weighted by Crippen LogP contribution is 2.25. The first-order valence-electron chi connectivity index (χ1n) is 8.08. The van der Waals surface area contributed by atoms with E-state index in [-0.39, 0.29) is 0 Å². The van der Waals surface area contributed by atoms with Crippen LogP contribution in [0.4, 0.5) is 0 Å². The lowest BCUT2D eigenvalue weighted by Gasteiger charge is -2.48. The van der Waals surface area contributed by atoms with E-state index in [2.05, 4.69) is 56.6 Å². The van der Waals surface area contributed by atoms with Gasteiger partial charge in [0.1, 0.15) is 0 Å². The molecule has 2 nitrogen and oxygen atoms in total. The summed E-state index contributed by atoms with van der Waals surface area (Å²) < 4.78 is 0. The summed E-state index contributed by atoms with van der Waals surface area (Å²) >= 11 is 2.07. The second-order valence-corrected chi connectivity index (χ2v) is 7.95. The first kappa shape index (κ1) is 17.3. The highest BCUT2D eigenvalue weighted by atomic mass is 32.2.